The van der Waals surface area contributed by atoms with E-state index in [0.29, 0.717) is 28.8 Å². The van der Waals surface area contributed by atoms with Gasteiger partial charge in [0.2, 0.25) is 11.1 Å². The zero-order valence-electron chi connectivity index (χ0n) is 18.0. The van der Waals surface area contributed by atoms with Crippen LogP contribution in [0.1, 0.15) is 21.5 Å². The lowest BCUT2D eigenvalue weighted by Gasteiger charge is -2.11. The molecule has 166 valence electrons. The number of thioether (sulfide) groups is 1. The highest BCUT2D eigenvalue weighted by Gasteiger charge is 2.14. The highest BCUT2D eigenvalue weighted by Crippen LogP contribution is 2.21. The van der Waals surface area contributed by atoms with E-state index >= 15 is 0 Å². The number of nitrogens with one attached hydrogen (secondary N) is 3. The van der Waals surface area contributed by atoms with E-state index in [4.69, 9.17) is 0 Å². The van der Waals surface area contributed by atoms with Gasteiger partial charge in [0, 0.05) is 12.1 Å². The third-order valence-electron chi connectivity index (χ3n) is 4.86. The summed E-state index contributed by atoms with van der Waals surface area (Å²) in [6.07, 6.45) is 0. The SMILES string of the molecule is Cc1ccc(-c2nc(SCC(=O)Nc3ccccc3C(=O)NCc3ccccc3)n[nH]2)cc1. The molecule has 0 fully saturated rings. The van der Waals surface area contributed by atoms with Gasteiger partial charge in [-0.05, 0) is 24.6 Å². The van der Waals surface area contributed by atoms with E-state index in [1.807, 2.05) is 61.5 Å². The van der Waals surface area contributed by atoms with Crippen molar-refractivity contribution >= 4 is 29.3 Å². The smallest absolute Gasteiger partial charge is 0.253 e. The molecule has 0 spiro atoms. The molecule has 0 unspecified atom stereocenters. The number of nitrogens with zero attached hydrogens (tertiary/aromatic N) is 2. The number of hydrogen-bond donors (Lipinski definition) is 3. The number of benzene rings is 3. The highest BCUT2D eigenvalue weighted by molar-refractivity contribution is 7.99. The fourth-order valence-corrected chi connectivity index (χ4v) is 3.73. The van der Waals surface area contributed by atoms with Crippen molar-refractivity contribution in [1.82, 2.24) is 20.5 Å². The van der Waals surface area contributed by atoms with Gasteiger partial charge in [-0.25, -0.2) is 4.98 Å². The lowest BCUT2D eigenvalue weighted by Crippen LogP contribution is -2.25. The number of rotatable bonds is 8. The lowest BCUT2D eigenvalue weighted by molar-refractivity contribution is -0.113. The normalized spacial score (nSPS) is 10.6. The lowest BCUT2D eigenvalue weighted by atomic mass is 10.1. The number of anilines is 1. The minimum atomic E-state index is -0.251. The molecule has 0 saturated heterocycles. The van der Waals surface area contributed by atoms with E-state index in [1.54, 1.807) is 24.3 Å². The maximum atomic E-state index is 12.7. The Morgan fingerprint density at radius 1 is 0.939 bits per heavy atom. The molecule has 2 amide bonds. The van der Waals surface area contributed by atoms with E-state index in [0.717, 1.165) is 11.1 Å². The molecule has 0 saturated carbocycles. The van der Waals surface area contributed by atoms with Crippen LogP contribution in [-0.4, -0.2) is 32.7 Å². The molecule has 0 radical (unpaired) electrons. The number of para-hydroxylation sites is 1. The Morgan fingerprint density at radius 2 is 1.67 bits per heavy atom. The van der Waals surface area contributed by atoms with Gasteiger partial charge in [-0.2, -0.15) is 0 Å². The molecule has 0 bridgehead atoms. The van der Waals surface area contributed by atoms with Crippen LogP contribution in [0.5, 0.6) is 0 Å². The van der Waals surface area contributed by atoms with Crippen molar-refractivity contribution in [3.63, 3.8) is 0 Å². The molecule has 0 aliphatic heterocycles. The summed E-state index contributed by atoms with van der Waals surface area (Å²) >= 11 is 1.22. The van der Waals surface area contributed by atoms with E-state index < -0.39 is 0 Å². The van der Waals surface area contributed by atoms with E-state index in [-0.39, 0.29) is 17.6 Å². The zero-order valence-corrected chi connectivity index (χ0v) is 18.9. The molecule has 1 aromatic heterocycles. The summed E-state index contributed by atoms with van der Waals surface area (Å²) in [7, 11) is 0. The van der Waals surface area contributed by atoms with Crippen LogP contribution >= 0.6 is 11.8 Å². The Bertz CT molecular complexity index is 1240. The number of H-pyrrole nitrogens is 1. The summed E-state index contributed by atoms with van der Waals surface area (Å²) in [4.78, 5) is 29.6. The van der Waals surface area contributed by atoms with Gasteiger partial charge in [0.1, 0.15) is 0 Å². The number of aromatic nitrogens is 3. The van der Waals surface area contributed by atoms with Crippen LogP contribution in [0, 0.1) is 6.92 Å². The second-order valence-electron chi connectivity index (χ2n) is 7.38. The first kappa shape index (κ1) is 22.3. The van der Waals surface area contributed by atoms with Gasteiger partial charge in [-0.1, -0.05) is 84.1 Å². The summed E-state index contributed by atoms with van der Waals surface area (Å²) in [6.45, 7) is 2.43. The van der Waals surface area contributed by atoms with Crippen molar-refractivity contribution in [2.24, 2.45) is 0 Å². The highest BCUT2D eigenvalue weighted by atomic mass is 32.2. The largest absolute Gasteiger partial charge is 0.348 e. The van der Waals surface area contributed by atoms with Crippen LogP contribution in [-0.2, 0) is 11.3 Å². The van der Waals surface area contributed by atoms with Crippen LogP contribution in [0.3, 0.4) is 0 Å². The number of aromatic amines is 1. The van der Waals surface area contributed by atoms with Crippen molar-refractivity contribution < 1.29 is 9.59 Å². The van der Waals surface area contributed by atoms with Gasteiger partial charge in [-0.3, -0.25) is 14.7 Å². The van der Waals surface area contributed by atoms with E-state index in [1.165, 1.54) is 17.3 Å². The van der Waals surface area contributed by atoms with Crippen molar-refractivity contribution in [3.8, 4) is 11.4 Å². The number of amides is 2. The first-order valence-electron chi connectivity index (χ1n) is 10.4. The molecule has 0 aliphatic carbocycles. The predicted octanol–water partition coefficient (Wildman–Crippen LogP) is 4.44. The number of hydrogen-bond acceptors (Lipinski definition) is 5. The van der Waals surface area contributed by atoms with Gasteiger partial charge < -0.3 is 10.6 Å². The van der Waals surface area contributed by atoms with Crippen LogP contribution in [0.15, 0.2) is 84.0 Å². The molecular formula is C25H23N5O2S. The van der Waals surface area contributed by atoms with Crippen molar-refractivity contribution in [3.05, 3.63) is 95.6 Å². The fraction of sp³-hybridized carbons (Fsp3) is 0.120. The Kier molecular flexibility index (Phi) is 7.16. The monoisotopic (exact) mass is 457 g/mol. The topological polar surface area (TPSA) is 99.8 Å². The van der Waals surface area contributed by atoms with Gasteiger partial charge in [0.25, 0.3) is 5.91 Å². The van der Waals surface area contributed by atoms with Gasteiger partial charge in [0.05, 0.1) is 17.0 Å². The van der Waals surface area contributed by atoms with Gasteiger partial charge in [-0.15, -0.1) is 5.10 Å². The summed E-state index contributed by atoms with van der Waals surface area (Å²) < 4.78 is 0. The molecule has 4 rings (SSSR count). The Balaban J connectivity index is 1.33. The third-order valence-corrected chi connectivity index (χ3v) is 5.71. The minimum absolute atomic E-state index is 0.116. The van der Waals surface area contributed by atoms with E-state index in [2.05, 4.69) is 25.8 Å². The second-order valence-corrected chi connectivity index (χ2v) is 8.33. The van der Waals surface area contributed by atoms with Crippen LogP contribution in [0.2, 0.25) is 0 Å². The van der Waals surface area contributed by atoms with E-state index in [9.17, 15) is 9.59 Å². The van der Waals surface area contributed by atoms with Gasteiger partial charge in [0.15, 0.2) is 5.82 Å². The molecule has 8 heteroatoms. The summed E-state index contributed by atoms with van der Waals surface area (Å²) in [5.41, 5.74) is 3.97. The number of carbonyl (C=O) groups excluding carboxylic acids is 2. The molecule has 3 N–H and O–H groups in total. The third kappa shape index (κ3) is 6.08. The minimum Gasteiger partial charge on any atom is -0.348 e. The quantitative estimate of drug-likeness (QED) is 0.340. The van der Waals surface area contributed by atoms with Crippen LogP contribution in [0.25, 0.3) is 11.4 Å². The van der Waals surface area contributed by atoms with Crippen molar-refractivity contribution in [2.45, 2.75) is 18.6 Å². The first-order valence-corrected chi connectivity index (χ1v) is 11.4. The molecule has 4 aromatic rings. The second kappa shape index (κ2) is 10.6. The summed E-state index contributed by atoms with van der Waals surface area (Å²) in [6, 6.07) is 24.5. The summed E-state index contributed by atoms with van der Waals surface area (Å²) in [5, 5.41) is 13.3. The maximum absolute atomic E-state index is 12.7. The average Bonchev–Trinajstić information content (AvgIpc) is 3.32. The molecule has 1 heterocycles. The van der Waals surface area contributed by atoms with Crippen LogP contribution in [0.4, 0.5) is 5.69 Å². The Hall–Kier alpha value is -3.91. The molecule has 7 nitrogen and oxygen atoms in total. The summed E-state index contributed by atoms with van der Waals surface area (Å²) in [5.74, 6) is 0.271. The van der Waals surface area contributed by atoms with Crippen LogP contribution < -0.4 is 10.6 Å². The molecule has 33 heavy (non-hydrogen) atoms. The number of aryl methyl sites for hydroxylation is 1. The van der Waals surface area contributed by atoms with Crippen molar-refractivity contribution in [1.29, 1.82) is 0 Å². The Morgan fingerprint density at radius 3 is 2.45 bits per heavy atom. The fourth-order valence-electron chi connectivity index (χ4n) is 3.13. The van der Waals surface area contributed by atoms with Gasteiger partial charge >= 0.3 is 0 Å². The standard InChI is InChI=1S/C25H23N5O2S/c1-17-11-13-19(14-12-17)23-28-25(30-29-23)33-16-22(31)27-21-10-6-5-9-20(21)24(32)26-15-18-7-3-2-4-8-18/h2-14H,15-16H2,1H3,(H,26,32)(H,27,31)(H,28,29,30). The molecular weight excluding hydrogens is 434 g/mol. The number of carbonyl (C=O) groups is 2. The maximum Gasteiger partial charge on any atom is 0.253 e. The zero-order chi connectivity index (χ0) is 23.0. The Labute approximate surface area is 196 Å². The molecule has 3 aromatic carbocycles. The first-order chi connectivity index (χ1) is 16.1. The average molecular weight is 458 g/mol. The van der Waals surface area contributed by atoms with Crippen molar-refractivity contribution in [2.75, 3.05) is 11.1 Å². The predicted molar refractivity (Wildman–Crippen MR) is 130 cm³/mol. The molecule has 0 aliphatic rings. The molecule has 0 atom stereocenters.